The summed E-state index contributed by atoms with van der Waals surface area (Å²) in [6, 6.07) is 5.30. The van der Waals surface area contributed by atoms with Crippen LogP contribution in [-0.4, -0.2) is 30.4 Å². The van der Waals surface area contributed by atoms with Crippen molar-refractivity contribution >= 4 is 23.3 Å². The number of ether oxygens (including phenoxy) is 2. The van der Waals surface area contributed by atoms with E-state index in [4.69, 9.17) is 4.74 Å². The Bertz CT molecular complexity index is 703. The number of allylic oxidation sites excluding steroid dienone is 1. The molecule has 1 rings (SSSR count). The van der Waals surface area contributed by atoms with Gasteiger partial charge in [-0.3, -0.25) is 5.32 Å². The zero-order chi connectivity index (χ0) is 20.1. The molecule has 0 aliphatic heterocycles. The standard InChI is InChI=1S/C18H22F3NO4/c1-6-25-15(23)11(2)14(18(19,20)21)12-9-7-8-10-13(12)22-16(24)26-17(3,4)5/h7-10H,6H2,1-5H3,(H,22,24)/b14-11-. The van der Waals surface area contributed by atoms with Crippen LogP contribution in [0.15, 0.2) is 29.8 Å². The molecule has 0 unspecified atom stereocenters. The van der Waals surface area contributed by atoms with Gasteiger partial charge in [-0.25, -0.2) is 9.59 Å². The fourth-order valence-electron chi connectivity index (χ4n) is 2.13. The number of rotatable bonds is 4. The predicted octanol–water partition coefficient (Wildman–Crippen LogP) is 4.93. The lowest BCUT2D eigenvalue weighted by Crippen LogP contribution is -2.28. The average molecular weight is 373 g/mol. The molecule has 8 heteroatoms. The number of hydrogen-bond acceptors (Lipinski definition) is 4. The molecule has 0 atom stereocenters. The van der Waals surface area contributed by atoms with E-state index in [2.05, 4.69) is 10.1 Å². The van der Waals surface area contributed by atoms with Gasteiger partial charge in [0.2, 0.25) is 0 Å². The lowest BCUT2D eigenvalue weighted by molar-refractivity contribution is -0.138. The minimum atomic E-state index is -4.83. The number of hydrogen-bond donors (Lipinski definition) is 1. The van der Waals surface area contributed by atoms with Crippen LogP contribution in [0.4, 0.5) is 23.7 Å². The summed E-state index contributed by atoms with van der Waals surface area (Å²) in [7, 11) is 0. The molecule has 0 saturated heterocycles. The maximum atomic E-state index is 13.6. The SMILES string of the molecule is CCOC(=O)/C(C)=C(/c1ccccc1NC(=O)OC(C)(C)C)C(F)(F)F. The van der Waals surface area contributed by atoms with Crippen molar-refractivity contribution in [2.75, 3.05) is 11.9 Å². The highest BCUT2D eigenvalue weighted by Gasteiger charge is 2.39. The number of benzene rings is 1. The molecule has 0 heterocycles. The lowest BCUT2D eigenvalue weighted by Gasteiger charge is -2.22. The van der Waals surface area contributed by atoms with Crippen LogP contribution in [0.5, 0.6) is 0 Å². The van der Waals surface area contributed by atoms with E-state index < -0.39 is 35.0 Å². The molecule has 0 radical (unpaired) electrons. The van der Waals surface area contributed by atoms with Crippen LogP contribution in [0.2, 0.25) is 0 Å². The molecule has 0 aromatic heterocycles. The van der Waals surface area contributed by atoms with Gasteiger partial charge in [-0.2, -0.15) is 13.2 Å². The van der Waals surface area contributed by atoms with Gasteiger partial charge in [-0.05, 0) is 40.7 Å². The highest BCUT2D eigenvalue weighted by atomic mass is 19.4. The molecule has 144 valence electrons. The van der Waals surface area contributed by atoms with E-state index in [1.165, 1.54) is 25.1 Å². The zero-order valence-corrected chi connectivity index (χ0v) is 15.3. The van der Waals surface area contributed by atoms with E-state index in [9.17, 15) is 22.8 Å². The molecule has 0 saturated carbocycles. The second-order valence-electron chi connectivity index (χ2n) is 6.39. The van der Waals surface area contributed by atoms with Crippen LogP contribution >= 0.6 is 0 Å². The van der Waals surface area contributed by atoms with Crippen molar-refractivity contribution in [1.29, 1.82) is 0 Å². The Morgan fingerprint density at radius 3 is 2.19 bits per heavy atom. The van der Waals surface area contributed by atoms with Gasteiger partial charge < -0.3 is 9.47 Å². The van der Waals surface area contributed by atoms with Gasteiger partial charge >= 0.3 is 18.2 Å². The summed E-state index contributed by atoms with van der Waals surface area (Å²) < 4.78 is 50.7. The lowest BCUT2D eigenvalue weighted by atomic mass is 9.98. The number of nitrogens with one attached hydrogen (secondary N) is 1. The smallest absolute Gasteiger partial charge is 0.417 e. The molecule has 1 aromatic rings. The molecular weight excluding hydrogens is 351 g/mol. The summed E-state index contributed by atoms with van der Waals surface area (Å²) in [5.74, 6) is -1.08. The fourth-order valence-corrected chi connectivity index (χ4v) is 2.13. The van der Waals surface area contributed by atoms with Crippen molar-refractivity contribution in [2.45, 2.75) is 46.4 Å². The number of carbonyl (C=O) groups is 2. The van der Waals surface area contributed by atoms with Crippen molar-refractivity contribution in [3.05, 3.63) is 35.4 Å². The van der Waals surface area contributed by atoms with E-state index in [1.54, 1.807) is 20.8 Å². The molecule has 0 bridgehead atoms. The van der Waals surface area contributed by atoms with Gasteiger partial charge in [0.1, 0.15) is 5.60 Å². The molecule has 0 spiro atoms. The number of carbonyl (C=O) groups excluding carboxylic acids is 2. The Morgan fingerprint density at radius 1 is 1.12 bits per heavy atom. The Balaban J connectivity index is 3.40. The van der Waals surface area contributed by atoms with Crippen molar-refractivity contribution in [3.8, 4) is 0 Å². The molecule has 26 heavy (non-hydrogen) atoms. The van der Waals surface area contributed by atoms with Gasteiger partial charge in [0.25, 0.3) is 0 Å². The minimum Gasteiger partial charge on any atom is -0.463 e. The number of para-hydroxylation sites is 1. The van der Waals surface area contributed by atoms with E-state index in [1.807, 2.05) is 0 Å². The second-order valence-corrected chi connectivity index (χ2v) is 6.39. The van der Waals surface area contributed by atoms with Gasteiger partial charge in [-0.15, -0.1) is 0 Å². The largest absolute Gasteiger partial charge is 0.463 e. The number of esters is 1. The molecule has 0 fully saturated rings. The molecule has 0 aliphatic carbocycles. The van der Waals surface area contributed by atoms with Crippen LogP contribution in [0.3, 0.4) is 0 Å². The van der Waals surface area contributed by atoms with Crippen molar-refractivity contribution < 1.29 is 32.2 Å². The molecule has 5 nitrogen and oxygen atoms in total. The first-order valence-corrected chi connectivity index (χ1v) is 7.91. The van der Waals surface area contributed by atoms with E-state index >= 15 is 0 Å². The molecule has 1 amide bonds. The highest BCUT2D eigenvalue weighted by Crippen LogP contribution is 2.40. The monoisotopic (exact) mass is 373 g/mol. The van der Waals surface area contributed by atoms with Crippen LogP contribution in [-0.2, 0) is 14.3 Å². The topological polar surface area (TPSA) is 64.6 Å². The van der Waals surface area contributed by atoms with Gasteiger partial charge in [0.15, 0.2) is 0 Å². The first-order chi connectivity index (χ1) is 11.9. The number of amides is 1. The summed E-state index contributed by atoms with van der Waals surface area (Å²) in [5.41, 5.74) is -3.07. The summed E-state index contributed by atoms with van der Waals surface area (Å²) in [5, 5.41) is 2.30. The highest BCUT2D eigenvalue weighted by molar-refractivity contribution is 6.01. The minimum absolute atomic E-state index is 0.0564. The van der Waals surface area contributed by atoms with Gasteiger partial charge in [0, 0.05) is 11.1 Å². The van der Waals surface area contributed by atoms with Crippen LogP contribution in [0.1, 0.15) is 40.2 Å². The average Bonchev–Trinajstić information content (AvgIpc) is 2.46. The zero-order valence-electron chi connectivity index (χ0n) is 15.3. The Kier molecular flexibility index (Phi) is 6.83. The summed E-state index contributed by atoms with van der Waals surface area (Å²) in [6.45, 7) is 7.36. The third kappa shape index (κ3) is 6.09. The Hall–Kier alpha value is -2.51. The summed E-state index contributed by atoms with van der Waals surface area (Å²) in [6.07, 6.45) is -5.73. The third-order valence-corrected chi connectivity index (χ3v) is 3.07. The maximum absolute atomic E-state index is 13.6. The quantitative estimate of drug-likeness (QED) is 0.600. The van der Waals surface area contributed by atoms with E-state index in [0.29, 0.717) is 0 Å². The normalized spacial score (nSPS) is 12.9. The predicted molar refractivity (Wildman–Crippen MR) is 91.6 cm³/mol. The van der Waals surface area contributed by atoms with Crippen molar-refractivity contribution in [3.63, 3.8) is 0 Å². The van der Waals surface area contributed by atoms with Crippen molar-refractivity contribution in [2.24, 2.45) is 0 Å². The molecular formula is C18H22F3NO4. The summed E-state index contributed by atoms with van der Waals surface area (Å²) >= 11 is 0. The molecule has 1 N–H and O–H groups in total. The Labute approximate surface area is 150 Å². The van der Waals surface area contributed by atoms with Gasteiger partial charge in [0.05, 0.1) is 17.9 Å². The third-order valence-electron chi connectivity index (χ3n) is 3.07. The van der Waals surface area contributed by atoms with E-state index in [0.717, 1.165) is 13.0 Å². The number of alkyl halides is 3. The maximum Gasteiger partial charge on any atom is 0.417 e. The first-order valence-electron chi connectivity index (χ1n) is 7.91. The van der Waals surface area contributed by atoms with Gasteiger partial charge in [-0.1, -0.05) is 18.2 Å². The fraction of sp³-hybridized carbons (Fsp3) is 0.444. The molecule has 1 aromatic carbocycles. The van der Waals surface area contributed by atoms with Crippen LogP contribution < -0.4 is 5.32 Å². The molecule has 0 aliphatic rings. The summed E-state index contributed by atoms with van der Waals surface area (Å²) in [4.78, 5) is 23.8. The van der Waals surface area contributed by atoms with Crippen LogP contribution in [0.25, 0.3) is 5.57 Å². The second kappa shape index (κ2) is 8.25. The van der Waals surface area contributed by atoms with Crippen LogP contribution in [0, 0.1) is 0 Å². The first kappa shape index (κ1) is 21.5. The Morgan fingerprint density at radius 2 is 1.69 bits per heavy atom. The number of halogens is 3. The van der Waals surface area contributed by atoms with Crippen molar-refractivity contribution in [1.82, 2.24) is 0 Å². The number of anilines is 1. The van der Waals surface area contributed by atoms with E-state index in [-0.39, 0.29) is 17.9 Å².